The lowest BCUT2D eigenvalue weighted by Gasteiger charge is -1.80. The highest BCUT2D eigenvalue weighted by Gasteiger charge is 1.72. The number of rotatable bonds is 0. The summed E-state index contributed by atoms with van der Waals surface area (Å²) in [4.78, 5) is 9.70. The average Bonchev–Trinajstić information content (AvgIpc) is 1.38. The molecule has 0 bridgehead atoms. The maximum absolute atomic E-state index is 9.70. The van der Waals surface area contributed by atoms with Gasteiger partial charge in [0.15, 0.2) is 0 Å². The number of amides is 1. The van der Waals surface area contributed by atoms with E-state index in [1.807, 2.05) is 0 Å². The van der Waals surface area contributed by atoms with Crippen molar-refractivity contribution in [1.29, 1.82) is 0 Å². The van der Waals surface area contributed by atoms with Crippen LogP contribution in [0.2, 0.25) is 0 Å². The molecule has 0 fully saturated rings. The summed E-state index contributed by atoms with van der Waals surface area (Å²) in [6.45, 7) is 1.47. The Labute approximate surface area is 44.4 Å². The highest BCUT2D eigenvalue weighted by atomic mass is 32.1. The van der Waals surface area contributed by atoms with Gasteiger partial charge in [0.25, 0.3) is 0 Å². The summed E-state index contributed by atoms with van der Waals surface area (Å²) < 4.78 is 0. The van der Waals surface area contributed by atoms with Crippen molar-refractivity contribution >= 4 is 19.4 Å². The predicted octanol–water partition coefficient (Wildman–Crippen LogP) is -0.135. The van der Waals surface area contributed by atoms with E-state index in [0.717, 1.165) is 0 Å². The minimum Gasteiger partial charge on any atom is -0.359 e. The average molecular weight is 107 g/mol. The Bertz CT molecular complexity index is 46.1. The summed E-state index contributed by atoms with van der Waals surface area (Å²) >= 11 is 0. The van der Waals surface area contributed by atoms with Gasteiger partial charge in [0.1, 0.15) is 0 Å². The number of carbonyl (C=O) groups excluding carboxylic acids is 1. The second kappa shape index (κ2) is 4.82. The lowest BCUT2D eigenvalue weighted by Crippen LogP contribution is -2.11. The first-order valence-electron chi connectivity index (χ1n) is 1.45. The Hall–Kier alpha value is -0.180. The molecule has 38 valence electrons. The molecule has 0 heterocycles. The summed E-state index contributed by atoms with van der Waals surface area (Å²) in [5.41, 5.74) is 0. The Morgan fingerprint density at radius 3 is 1.83 bits per heavy atom. The molecule has 2 nitrogen and oxygen atoms in total. The lowest BCUT2D eigenvalue weighted by molar-refractivity contribution is -0.118. The predicted molar refractivity (Wildman–Crippen MR) is 30.1 cm³/mol. The summed E-state index contributed by atoms with van der Waals surface area (Å²) in [6, 6.07) is 0. The van der Waals surface area contributed by atoms with Gasteiger partial charge >= 0.3 is 0 Å². The molecule has 3 heteroatoms. The van der Waals surface area contributed by atoms with Gasteiger partial charge in [0.05, 0.1) is 0 Å². The molecule has 0 radical (unpaired) electrons. The van der Waals surface area contributed by atoms with E-state index in [9.17, 15) is 4.79 Å². The highest BCUT2D eigenvalue weighted by Crippen LogP contribution is 1.45. The van der Waals surface area contributed by atoms with Crippen LogP contribution in [0.15, 0.2) is 0 Å². The monoisotopic (exact) mass is 107 g/mol. The molecule has 0 aliphatic carbocycles. The van der Waals surface area contributed by atoms with Crippen LogP contribution < -0.4 is 5.32 Å². The minimum absolute atomic E-state index is 0. The molecule has 1 amide bonds. The number of nitrogens with one attached hydrogen (secondary N) is 1. The zero-order valence-corrected chi connectivity index (χ0v) is 4.91. The zero-order chi connectivity index (χ0) is 4.28. The molecule has 0 aromatic carbocycles. The van der Waals surface area contributed by atoms with Gasteiger partial charge in [-0.05, 0) is 0 Å². The molecule has 1 N–H and O–H groups in total. The largest absolute Gasteiger partial charge is 0.359 e. The van der Waals surface area contributed by atoms with E-state index < -0.39 is 0 Å². The summed E-state index contributed by atoms with van der Waals surface area (Å²) in [5.74, 6) is 0.00463. The highest BCUT2D eigenvalue weighted by molar-refractivity contribution is 7.59. The third kappa shape index (κ3) is 9.17. The molecule has 6 heavy (non-hydrogen) atoms. The normalized spacial score (nSPS) is 5.67. The first-order valence-corrected chi connectivity index (χ1v) is 1.45. The SMILES string of the molecule is CNC(C)=O.S. The third-order valence-electron chi connectivity index (χ3n) is 0.352. The van der Waals surface area contributed by atoms with E-state index in [0.29, 0.717) is 0 Å². The van der Waals surface area contributed by atoms with Gasteiger partial charge in [-0.15, -0.1) is 0 Å². The zero-order valence-electron chi connectivity index (χ0n) is 3.91. The van der Waals surface area contributed by atoms with Gasteiger partial charge in [-0.1, -0.05) is 0 Å². The van der Waals surface area contributed by atoms with Crippen molar-refractivity contribution in [2.45, 2.75) is 6.92 Å². The van der Waals surface area contributed by atoms with Crippen molar-refractivity contribution in [3.05, 3.63) is 0 Å². The maximum Gasteiger partial charge on any atom is 0.216 e. The minimum atomic E-state index is 0. The fraction of sp³-hybridized carbons (Fsp3) is 0.667. The van der Waals surface area contributed by atoms with Crippen LogP contribution in [0, 0.1) is 0 Å². The van der Waals surface area contributed by atoms with E-state index in [1.54, 1.807) is 7.05 Å². The van der Waals surface area contributed by atoms with E-state index >= 15 is 0 Å². The molecule has 0 aromatic rings. The lowest BCUT2D eigenvalue weighted by atomic mass is 10.7. The Morgan fingerprint density at radius 2 is 1.83 bits per heavy atom. The van der Waals surface area contributed by atoms with Crippen LogP contribution in [0.25, 0.3) is 0 Å². The van der Waals surface area contributed by atoms with Gasteiger partial charge in [-0.3, -0.25) is 4.79 Å². The molecule has 0 unspecified atom stereocenters. The van der Waals surface area contributed by atoms with E-state index in [-0.39, 0.29) is 19.4 Å². The summed E-state index contributed by atoms with van der Waals surface area (Å²) in [5, 5.41) is 2.39. The topological polar surface area (TPSA) is 29.1 Å². The van der Waals surface area contributed by atoms with E-state index in [2.05, 4.69) is 5.32 Å². The molecule has 0 saturated carbocycles. The smallest absolute Gasteiger partial charge is 0.216 e. The van der Waals surface area contributed by atoms with E-state index in [1.165, 1.54) is 6.92 Å². The maximum atomic E-state index is 9.70. The number of hydrogen-bond donors (Lipinski definition) is 1. The van der Waals surface area contributed by atoms with Gasteiger partial charge in [0.2, 0.25) is 5.91 Å². The third-order valence-corrected chi connectivity index (χ3v) is 0.352. The number of hydrogen-bond acceptors (Lipinski definition) is 1. The molecular weight excluding hydrogens is 98.1 g/mol. The van der Waals surface area contributed by atoms with Gasteiger partial charge in [-0.2, -0.15) is 13.5 Å². The standard InChI is InChI=1S/C3H7NO.H2S/c1-3(5)4-2;/h1-2H3,(H,4,5);1H2. The Kier molecular flexibility index (Phi) is 7.44. The van der Waals surface area contributed by atoms with Crippen molar-refractivity contribution in [3.8, 4) is 0 Å². The molecule has 0 aliphatic heterocycles. The molecule has 0 aromatic heterocycles. The van der Waals surface area contributed by atoms with Crippen molar-refractivity contribution in [2.75, 3.05) is 7.05 Å². The molecule has 0 aliphatic rings. The van der Waals surface area contributed by atoms with Crippen LogP contribution in [-0.2, 0) is 4.79 Å². The van der Waals surface area contributed by atoms with Crippen LogP contribution in [0.4, 0.5) is 0 Å². The molecule has 0 spiro atoms. The van der Waals surface area contributed by atoms with E-state index in [4.69, 9.17) is 0 Å². The summed E-state index contributed by atoms with van der Waals surface area (Å²) in [7, 11) is 1.60. The number of carbonyl (C=O) groups is 1. The van der Waals surface area contributed by atoms with Crippen molar-refractivity contribution in [1.82, 2.24) is 5.32 Å². The van der Waals surface area contributed by atoms with Crippen LogP contribution in [0.1, 0.15) is 6.92 Å². The second-order valence-corrected chi connectivity index (χ2v) is 0.806. The Balaban J connectivity index is 0. The van der Waals surface area contributed by atoms with Gasteiger partial charge in [-0.25, -0.2) is 0 Å². The quantitative estimate of drug-likeness (QED) is 0.459. The first-order chi connectivity index (χ1) is 2.27. The van der Waals surface area contributed by atoms with Crippen LogP contribution in [0.3, 0.4) is 0 Å². The Morgan fingerprint density at radius 1 is 1.67 bits per heavy atom. The summed E-state index contributed by atoms with van der Waals surface area (Å²) in [6.07, 6.45) is 0. The first kappa shape index (κ1) is 9.27. The molecule has 0 saturated heterocycles. The second-order valence-electron chi connectivity index (χ2n) is 0.806. The van der Waals surface area contributed by atoms with Crippen molar-refractivity contribution < 1.29 is 4.79 Å². The molecular formula is C3H9NOS. The van der Waals surface area contributed by atoms with Crippen LogP contribution >= 0.6 is 13.5 Å². The van der Waals surface area contributed by atoms with Gasteiger partial charge < -0.3 is 5.32 Å². The van der Waals surface area contributed by atoms with Crippen molar-refractivity contribution in [3.63, 3.8) is 0 Å². The van der Waals surface area contributed by atoms with Crippen molar-refractivity contribution in [2.24, 2.45) is 0 Å². The fourth-order valence-corrected chi connectivity index (χ4v) is 0. The fourth-order valence-electron chi connectivity index (χ4n) is 0. The van der Waals surface area contributed by atoms with Crippen LogP contribution in [0.5, 0.6) is 0 Å². The molecule has 0 rings (SSSR count). The van der Waals surface area contributed by atoms with Gasteiger partial charge in [0, 0.05) is 14.0 Å². The molecule has 0 atom stereocenters. The van der Waals surface area contributed by atoms with Crippen LogP contribution in [-0.4, -0.2) is 13.0 Å².